The summed E-state index contributed by atoms with van der Waals surface area (Å²) in [6.07, 6.45) is 0.0960. The van der Waals surface area contributed by atoms with E-state index in [4.69, 9.17) is 0 Å². The molecule has 0 saturated carbocycles. The summed E-state index contributed by atoms with van der Waals surface area (Å²) in [7, 11) is -3.85. The second kappa shape index (κ2) is 6.60. The molecule has 1 aromatic heterocycles. The Labute approximate surface area is 133 Å². The Hall–Kier alpha value is -1.70. The molecule has 1 atom stereocenters. The van der Waals surface area contributed by atoms with Crippen LogP contribution in [0, 0.1) is 13.8 Å². The highest BCUT2D eigenvalue weighted by Crippen LogP contribution is 2.26. The first-order valence-corrected chi connectivity index (χ1v) is 8.95. The lowest BCUT2D eigenvalue weighted by atomic mass is 10.1. The molecule has 0 saturated heterocycles. The third-order valence-corrected chi connectivity index (χ3v) is 6.38. The molecule has 0 amide bonds. The van der Waals surface area contributed by atoms with Gasteiger partial charge in [-0.3, -0.25) is 4.79 Å². The molecule has 1 heterocycles. The van der Waals surface area contributed by atoms with Crippen LogP contribution < -0.4 is 4.72 Å². The number of hydrogen-bond donors (Lipinski definition) is 2. The van der Waals surface area contributed by atoms with Crippen molar-refractivity contribution < 1.29 is 18.3 Å². The summed E-state index contributed by atoms with van der Waals surface area (Å²) in [4.78, 5) is 12.2. The van der Waals surface area contributed by atoms with E-state index in [1.807, 2.05) is 13.0 Å². The van der Waals surface area contributed by atoms with Gasteiger partial charge in [0.25, 0.3) is 10.0 Å². The van der Waals surface area contributed by atoms with Gasteiger partial charge in [0.1, 0.15) is 10.3 Å². The molecule has 22 heavy (non-hydrogen) atoms. The average Bonchev–Trinajstić information content (AvgIpc) is 2.79. The number of aryl methyl sites for hydroxylation is 2. The van der Waals surface area contributed by atoms with Crippen molar-refractivity contribution in [2.45, 2.75) is 30.5 Å². The largest absolute Gasteiger partial charge is 0.480 e. The summed E-state index contributed by atoms with van der Waals surface area (Å²) >= 11 is 1.14. The van der Waals surface area contributed by atoms with Gasteiger partial charge in [0.15, 0.2) is 0 Å². The molecule has 0 fully saturated rings. The summed E-state index contributed by atoms with van der Waals surface area (Å²) in [5.41, 5.74) is 1.38. The predicted octanol–water partition coefficient (Wildman–Crippen LogP) is 2.34. The Kier molecular flexibility index (Phi) is 5.00. The quantitative estimate of drug-likeness (QED) is 0.846. The fraction of sp³-hybridized carbons (Fsp3) is 0.267. The molecule has 0 bridgehead atoms. The first-order valence-electron chi connectivity index (χ1n) is 6.65. The van der Waals surface area contributed by atoms with E-state index in [1.165, 1.54) is 0 Å². The van der Waals surface area contributed by atoms with Gasteiger partial charge in [0.05, 0.1) is 0 Å². The SMILES string of the molecule is Cc1cc(C)c(S(=O)(=O)N[C@@H](Cc2ccccc2)C(=O)O)s1. The number of carboxylic acids is 1. The van der Waals surface area contributed by atoms with Gasteiger partial charge in [0, 0.05) is 4.88 Å². The Bertz CT molecular complexity index is 766. The van der Waals surface area contributed by atoms with Crippen molar-refractivity contribution in [3.8, 4) is 0 Å². The third kappa shape index (κ3) is 3.94. The van der Waals surface area contributed by atoms with Crippen molar-refractivity contribution in [1.82, 2.24) is 4.72 Å². The van der Waals surface area contributed by atoms with Crippen LogP contribution in [-0.2, 0) is 21.2 Å². The molecule has 0 radical (unpaired) electrons. The van der Waals surface area contributed by atoms with Crippen LogP contribution >= 0.6 is 11.3 Å². The molecular weight excluding hydrogens is 322 g/mol. The molecule has 2 aromatic rings. The van der Waals surface area contributed by atoms with Crippen LogP contribution in [0.5, 0.6) is 0 Å². The van der Waals surface area contributed by atoms with Crippen LogP contribution in [0.2, 0.25) is 0 Å². The molecule has 0 aliphatic rings. The normalized spacial score (nSPS) is 13.0. The van der Waals surface area contributed by atoms with Crippen LogP contribution in [0.4, 0.5) is 0 Å². The van der Waals surface area contributed by atoms with E-state index in [0.29, 0.717) is 5.56 Å². The molecule has 0 unspecified atom stereocenters. The molecule has 118 valence electrons. The lowest BCUT2D eigenvalue weighted by molar-refractivity contribution is -0.138. The molecule has 2 rings (SSSR count). The highest BCUT2D eigenvalue weighted by atomic mass is 32.2. The minimum absolute atomic E-state index is 0.0960. The highest BCUT2D eigenvalue weighted by Gasteiger charge is 2.27. The first kappa shape index (κ1) is 16.7. The molecule has 7 heteroatoms. The number of nitrogens with one attached hydrogen (secondary N) is 1. The standard InChI is InChI=1S/C15H17NO4S2/c1-10-8-11(2)21-15(10)22(19,20)16-13(14(17)18)9-12-6-4-3-5-7-12/h3-8,13,16H,9H2,1-2H3,(H,17,18)/t13-/m0/s1. The Balaban J connectivity index is 2.24. The summed E-state index contributed by atoms with van der Waals surface area (Å²) in [6.45, 7) is 3.51. The molecule has 2 N–H and O–H groups in total. The van der Waals surface area contributed by atoms with E-state index in [-0.39, 0.29) is 10.6 Å². The van der Waals surface area contributed by atoms with Gasteiger partial charge in [-0.05, 0) is 37.5 Å². The number of benzene rings is 1. The number of hydrogen-bond acceptors (Lipinski definition) is 4. The second-order valence-electron chi connectivity index (χ2n) is 5.03. The van der Waals surface area contributed by atoms with Crippen LogP contribution in [0.3, 0.4) is 0 Å². The summed E-state index contributed by atoms with van der Waals surface area (Å²) in [6, 6.07) is 9.50. The number of aliphatic carboxylic acids is 1. The van der Waals surface area contributed by atoms with Crippen molar-refractivity contribution >= 4 is 27.3 Å². The van der Waals surface area contributed by atoms with Gasteiger partial charge in [-0.15, -0.1) is 11.3 Å². The molecule has 0 spiro atoms. The fourth-order valence-corrected chi connectivity index (χ4v) is 5.03. The zero-order valence-electron chi connectivity index (χ0n) is 12.2. The molecule has 0 aliphatic heterocycles. The topological polar surface area (TPSA) is 83.5 Å². The minimum atomic E-state index is -3.85. The summed E-state index contributed by atoms with van der Waals surface area (Å²) in [5.74, 6) is -1.20. The molecule has 0 aliphatic carbocycles. The van der Waals surface area contributed by atoms with Crippen LogP contribution in [0.15, 0.2) is 40.6 Å². The average molecular weight is 339 g/mol. The van der Waals surface area contributed by atoms with E-state index in [2.05, 4.69) is 4.72 Å². The van der Waals surface area contributed by atoms with Crippen molar-refractivity contribution in [1.29, 1.82) is 0 Å². The van der Waals surface area contributed by atoms with Gasteiger partial charge in [-0.25, -0.2) is 8.42 Å². The Morgan fingerprint density at radius 1 is 1.27 bits per heavy atom. The number of carbonyl (C=O) groups is 1. The van der Waals surface area contributed by atoms with Gasteiger partial charge in [-0.1, -0.05) is 30.3 Å². The summed E-state index contributed by atoms with van der Waals surface area (Å²) in [5, 5.41) is 9.30. The Morgan fingerprint density at radius 3 is 2.41 bits per heavy atom. The van der Waals surface area contributed by atoms with E-state index >= 15 is 0 Å². The van der Waals surface area contributed by atoms with E-state index in [9.17, 15) is 18.3 Å². The van der Waals surface area contributed by atoms with Crippen LogP contribution in [0.1, 0.15) is 16.0 Å². The molecule has 5 nitrogen and oxygen atoms in total. The maximum Gasteiger partial charge on any atom is 0.322 e. The zero-order valence-corrected chi connectivity index (χ0v) is 13.9. The van der Waals surface area contributed by atoms with E-state index < -0.39 is 22.0 Å². The lowest BCUT2D eigenvalue weighted by Gasteiger charge is -2.14. The monoisotopic (exact) mass is 339 g/mol. The van der Waals surface area contributed by atoms with Gasteiger partial charge in [-0.2, -0.15) is 4.72 Å². The molecule has 1 aromatic carbocycles. The number of sulfonamides is 1. The van der Waals surface area contributed by atoms with Crippen molar-refractivity contribution in [2.24, 2.45) is 0 Å². The number of carboxylic acid groups (broad SMARTS) is 1. The second-order valence-corrected chi connectivity index (χ2v) is 8.19. The molecular formula is C15H17NO4S2. The van der Waals surface area contributed by atoms with Crippen molar-refractivity contribution in [3.63, 3.8) is 0 Å². The smallest absolute Gasteiger partial charge is 0.322 e. The van der Waals surface area contributed by atoms with Crippen LogP contribution in [-0.4, -0.2) is 25.5 Å². The third-order valence-electron chi connectivity index (χ3n) is 3.12. The maximum atomic E-state index is 12.4. The van der Waals surface area contributed by atoms with Crippen molar-refractivity contribution in [3.05, 3.63) is 52.4 Å². The van der Waals surface area contributed by atoms with Crippen molar-refractivity contribution in [2.75, 3.05) is 0 Å². The number of thiophene rings is 1. The van der Waals surface area contributed by atoms with Gasteiger partial charge in [0.2, 0.25) is 0 Å². The maximum absolute atomic E-state index is 12.4. The van der Waals surface area contributed by atoms with E-state index in [0.717, 1.165) is 21.8 Å². The number of rotatable bonds is 6. The van der Waals surface area contributed by atoms with E-state index in [1.54, 1.807) is 37.3 Å². The van der Waals surface area contributed by atoms with Gasteiger partial charge >= 0.3 is 5.97 Å². The zero-order chi connectivity index (χ0) is 16.3. The lowest BCUT2D eigenvalue weighted by Crippen LogP contribution is -2.42. The Morgan fingerprint density at radius 2 is 1.91 bits per heavy atom. The van der Waals surface area contributed by atoms with Gasteiger partial charge < -0.3 is 5.11 Å². The first-order chi connectivity index (χ1) is 10.3. The predicted molar refractivity (Wildman–Crippen MR) is 85.7 cm³/mol. The minimum Gasteiger partial charge on any atom is -0.480 e. The van der Waals surface area contributed by atoms with Crippen LogP contribution in [0.25, 0.3) is 0 Å². The summed E-state index contributed by atoms with van der Waals surface area (Å²) < 4.78 is 27.3. The fourth-order valence-electron chi connectivity index (χ4n) is 2.16. The highest BCUT2D eigenvalue weighted by molar-refractivity contribution is 7.91.